The third kappa shape index (κ3) is 11.1. The van der Waals surface area contributed by atoms with Gasteiger partial charge in [0.2, 0.25) is 0 Å². The smallest absolute Gasteiger partial charge is 0.316 e. The number of benzene rings is 2. The highest BCUT2D eigenvalue weighted by molar-refractivity contribution is 9.10. The van der Waals surface area contributed by atoms with Crippen LogP contribution in [0.5, 0.6) is 11.5 Å². The van der Waals surface area contributed by atoms with E-state index in [9.17, 15) is 13.9 Å². The number of rotatable bonds is 10. The Morgan fingerprint density at radius 3 is 1.52 bits per heavy atom. The summed E-state index contributed by atoms with van der Waals surface area (Å²) in [6, 6.07) is 12.2. The summed E-state index contributed by atoms with van der Waals surface area (Å²) in [7, 11) is 0. The van der Waals surface area contributed by atoms with Crippen LogP contribution in [-0.2, 0) is 10.8 Å². The van der Waals surface area contributed by atoms with Gasteiger partial charge in [-0.25, -0.2) is 18.7 Å². The van der Waals surface area contributed by atoms with Gasteiger partial charge in [0.15, 0.2) is 0 Å². The SMILES string of the molecule is CC1CC(O)(CF)C1.CCOc1cc(C(C)(C)C)c2nc(-c3nnc(Br)o3)cc(C)c2c1.CCOc1cc(C(C)(C)C)c2nc(-c3nnc(NC4CC(O)(CF)C4)o3)cc(C)c2c1. The number of alkyl halides is 2. The molecule has 2 aliphatic carbocycles. The Morgan fingerprint density at radius 2 is 1.14 bits per heavy atom. The number of hydrogen-bond acceptors (Lipinski definition) is 13. The average molecular weight is 937 g/mol. The summed E-state index contributed by atoms with van der Waals surface area (Å²) >= 11 is 3.19. The van der Waals surface area contributed by atoms with Crippen molar-refractivity contribution in [1.82, 2.24) is 30.4 Å². The molecule has 0 unspecified atom stereocenters. The van der Waals surface area contributed by atoms with E-state index in [0.717, 1.165) is 55.6 Å². The lowest BCUT2D eigenvalue weighted by molar-refractivity contribution is -0.0828. The molecule has 0 aliphatic heterocycles. The van der Waals surface area contributed by atoms with E-state index in [4.69, 9.17) is 33.4 Å². The molecule has 2 aromatic carbocycles. The lowest BCUT2D eigenvalue weighted by Crippen LogP contribution is -2.52. The second-order valence-electron chi connectivity index (χ2n) is 19.0. The zero-order chi connectivity index (χ0) is 46.1. The van der Waals surface area contributed by atoms with Crippen molar-refractivity contribution in [2.45, 2.75) is 130 Å². The van der Waals surface area contributed by atoms with Crippen LogP contribution < -0.4 is 14.8 Å². The standard InChI is InChI=1S/C23H29FN4O3.C18H20BrN3O2.C6H11FO/c1-6-30-15-8-16-13(2)7-18(26-19(16)17(9-15)22(3,4)5)20-27-28-21(31-20)25-14-10-23(29,11-14)12-24;1-6-23-11-8-12-10(2)7-14(16-21-22-17(19)24-16)20-15(12)13(9-11)18(3,4)5;1-5-2-6(8,3-5)4-7/h7-9,14,29H,6,10-12H2,1-5H3,(H,25,28);7-9H,6H2,1-5H3;5,8H,2-4H2,1H3. The third-order valence-electron chi connectivity index (χ3n) is 11.2. The number of anilines is 1. The molecule has 2 saturated carbocycles. The molecule has 3 N–H and O–H groups in total. The molecule has 0 saturated heterocycles. The van der Waals surface area contributed by atoms with E-state index in [0.29, 0.717) is 72.8 Å². The Morgan fingerprint density at radius 1 is 0.698 bits per heavy atom. The van der Waals surface area contributed by atoms with Crippen molar-refractivity contribution in [2.75, 3.05) is 31.9 Å². The Balaban J connectivity index is 0.000000182. The number of aryl methyl sites for hydroxylation is 2. The van der Waals surface area contributed by atoms with Crippen molar-refractivity contribution in [3.8, 4) is 34.7 Å². The van der Waals surface area contributed by atoms with Gasteiger partial charge in [0.25, 0.3) is 16.6 Å². The number of pyridine rings is 2. The third-order valence-corrected chi connectivity index (χ3v) is 11.5. The first-order valence-electron chi connectivity index (χ1n) is 21.4. The molecule has 63 heavy (non-hydrogen) atoms. The Bertz CT molecular complexity index is 2540. The number of fused-ring (bicyclic) bond motifs is 2. The Kier molecular flexibility index (Phi) is 14.2. The molecule has 4 heterocycles. The van der Waals surface area contributed by atoms with Crippen molar-refractivity contribution in [1.29, 1.82) is 0 Å². The van der Waals surface area contributed by atoms with Gasteiger partial charge in [0, 0.05) is 32.7 Å². The van der Waals surface area contributed by atoms with Gasteiger partial charge in [-0.05, 0) is 129 Å². The van der Waals surface area contributed by atoms with E-state index in [1.165, 1.54) is 0 Å². The maximum absolute atomic E-state index is 12.8. The first-order chi connectivity index (χ1) is 29.6. The summed E-state index contributed by atoms with van der Waals surface area (Å²) in [5, 5.41) is 40.1. The molecule has 6 aromatic rings. The molecule has 8 rings (SSSR count). The van der Waals surface area contributed by atoms with Crippen LogP contribution in [0.1, 0.15) is 110 Å². The van der Waals surface area contributed by atoms with Crippen LogP contribution in [0.3, 0.4) is 0 Å². The van der Waals surface area contributed by atoms with E-state index in [1.807, 2.05) is 58.0 Å². The number of nitrogens with one attached hydrogen (secondary N) is 1. The number of ether oxygens (including phenoxy) is 2. The summed E-state index contributed by atoms with van der Waals surface area (Å²) in [6.45, 7) is 22.9. The zero-order valence-corrected chi connectivity index (χ0v) is 39.7. The lowest BCUT2D eigenvalue weighted by Gasteiger charge is -2.41. The maximum Gasteiger partial charge on any atom is 0.316 e. The molecular formula is C47H60BrF2N7O6. The first-order valence-corrected chi connectivity index (χ1v) is 22.2. The monoisotopic (exact) mass is 935 g/mol. The Hall–Kier alpha value is -4.80. The Labute approximate surface area is 375 Å². The number of nitrogens with zero attached hydrogens (tertiary/aromatic N) is 6. The topological polar surface area (TPSA) is 175 Å². The minimum absolute atomic E-state index is 0.0706. The predicted molar refractivity (Wildman–Crippen MR) is 244 cm³/mol. The lowest BCUT2D eigenvalue weighted by atomic mass is 9.73. The molecule has 0 amide bonds. The molecule has 340 valence electrons. The minimum atomic E-state index is -1.23. The van der Waals surface area contributed by atoms with E-state index in [1.54, 1.807) is 0 Å². The average Bonchev–Trinajstić information content (AvgIpc) is 3.85. The summed E-state index contributed by atoms with van der Waals surface area (Å²) in [4.78, 5) is 10.0. The second kappa shape index (κ2) is 18.7. The molecule has 2 aliphatic rings. The summed E-state index contributed by atoms with van der Waals surface area (Å²) in [5.74, 6) is 2.93. The van der Waals surface area contributed by atoms with Crippen LogP contribution >= 0.6 is 15.9 Å². The van der Waals surface area contributed by atoms with Gasteiger partial charge in [-0.3, -0.25) is 0 Å². The highest BCUT2D eigenvalue weighted by atomic mass is 79.9. The highest BCUT2D eigenvalue weighted by Gasteiger charge is 2.43. The van der Waals surface area contributed by atoms with Crippen molar-refractivity contribution >= 4 is 43.8 Å². The van der Waals surface area contributed by atoms with Crippen molar-refractivity contribution < 1.29 is 37.3 Å². The molecule has 16 heteroatoms. The van der Waals surface area contributed by atoms with Crippen LogP contribution in [0.15, 0.2) is 50.0 Å². The molecular weight excluding hydrogens is 876 g/mol. The van der Waals surface area contributed by atoms with Gasteiger partial charge < -0.3 is 33.8 Å². The fourth-order valence-corrected chi connectivity index (χ4v) is 8.31. The summed E-state index contributed by atoms with van der Waals surface area (Å²) in [6.07, 6.45) is 1.91. The normalized spacial score (nSPS) is 20.8. The summed E-state index contributed by atoms with van der Waals surface area (Å²) < 4.78 is 47.3. The molecule has 0 atom stereocenters. The largest absolute Gasteiger partial charge is 0.494 e. The minimum Gasteiger partial charge on any atom is -0.494 e. The number of hydrogen-bond donors (Lipinski definition) is 3. The molecule has 0 spiro atoms. The van der Waals surface area contributed by atoms with Gasteiger partial charge in [-0.1, -0.05) is 53.6 Å². The summed E-state index contributed by atoms with van der Waals surface area (Å²) in [5.41, 5.74) is 5.05. The first kappa shape index (κ1) is 47.7. The molecule has 2 fully saturated rings. The van der Waals surface area contributed by atoms with Crippen molar-refractivity contribution in [3.05, 3.63) is 63.5 Å². The van der Waals surface area contributed by atoms with Gasteiger partial charge in [-0.2, -0.15) is 0 Å². The van der Waals surface area contributed by atoms with Crippen LogP contribution in [0, 0.1) is 19.8 Å². The van der Waals surface area contributed by atoms with E-state index >= 15 is 0 Å². The van der Waals surface area contributed by atoms with Gasteiger partial charge >= 0.3 is 6.01 Å². The van der Waals surface area contributed by atoms with Crippen molar-refractivity contribution in [2.24, 2.45) is 5.92 Å². The molecule has 0 radical (unpaired) electrons. The fourth-order valence-electron chi connectivity index (χ4n) is 8.08. The van der Waals surface area contributed by atoms with E-state index in [2.05, 4.69) is 96.2 Å². The van der Waals surface area contributed by atoms with Gasteiger partial charge in [0.1, 0.15) is 36.2 Å². The van der Waals surface area contributed by atoms with Crippen LogP contribution in [0.25, 0.3) is 45.0 Å². The number of aliphatic hydroxyl groups is 2. The number of aromatic nitrogens is 6. The number of halogens is 3. The van der Waals surface area contributed by atoms with Gasteiger partial charge in [0.05, 0.1) is 35.4 Å². The maximum atomic E-state index is 12.8. The highest BCUT2D eigenvalue weighted by Crippen LogP contribution is 2.40. The van der Waals surface area contributed by atoms with E-state index in [-0.39, 0.29) is 22.9 Å². The molecule has 13 nitrogen and oxygen atoms in total. The predicted octanol–water partition coefficient (Wildman–Crippen LogP) is 10.7. The molecule has 4 aromatic heterocycles. The van der Waals surface area contributed by atoms with E-state index < -0.39 is 24.6 Å². The quantitative estimate of drug-likeness (QED) is 0.118. The van der Waals surface area contributed by atoms with Crippen LogP contribution in [0.2, 0.25) is 0 Å². The molecule has 0 bridgehead atoms. The second-order valence-corrected chi connectivity index (χ2v) is 19.7. The van der Waals surface area contributed by atoms with Crippen molar-refractivity contribution in [3.63, 3.8) is 0 Å². The van der Waals surface area contributed by atoms with Crippen LogP contribution in [-0.4, -0.2) is 84.4 Å². The zero-order valence-electron chi connectivity index (χ0n) is 38.1. The fraction of sp³-hybridized carbons (Fsp3) is 0.532. The van der Waals surface area contributed by atoms with Crippen LogP contribution in [0.4, 0.5) is 14.8 Å². The van der Waals surface area contributed by atoms with Gasteiger partial charge in [-0.15, -0.1) is 15.3 Å².